The number of ether oxygens (including phenoxy) is 4. The maximum Gasteiger partial charge on any atom is 0.410 e. The number of unbranched alkanes of at least 4 members (excludes halogenated alkanes) is 2. The van der Waals surface area contributed by atoms with E-state index in [0.29, 0.717) is 24.3 Å². The van der Waals surface area contributed by atoms with Gasteiger partial charge >= 0.3 is 6.09 Å². The summed E-state index contributed by atoms with van der Waals surface area (Å²) < 4.78 is 27.3. The summed E-state index contributed by atoms with van der Waals surface area (Å²) >= 11 is 0. The number of carbonyl (C=O) groups is 1. The van der Waals surface area contributed by atoms with Crippen LogP contribution in [0.5, 0.6) is 17.2 Å². The molecule has 0 saturated heterocycles. The Kier molecular flexibility index (Phi) is 14.3. The van der Waals surface area contributed by atoms with E-state index in [9.17, 15) is 15.0 Å². The van der Waals surface area contributed by atoms with Crippen LogP contribution in [0.2, 0.25) is 0 Å². The van der Waals surface area contributed by atoms with Crippen molar-refractivity contribution < 1.29 is 38.8 Å². The van der Waals surface area contributed by atoms with Crippen LogP contribution in [0.4, 0.5) is 4.79 Å². The molecule has 1 heterocycles. The summed E-state index contributed by atoms with van der Waals surface area (Å²) in [5, 5.41) is 29.4. The van der Waals surface area contributed by atoms with Gasteiger partial charge in [0.15, 0.2) is 0 Å². The molecular weight excluding hydrogens is 817 g/mol. The van der Waals surface area contributed by atoms with Gasteiger partial charge in [0, 0.05) is 31.1 Å². The van der Waals surface area contributed by atoms with Crippen LogP contribution in [0.3, 0.4) is 0 Å². The molecule has 2 N–H and O–H groups in total. The quantitative estimate of drug-likeness (QED) is 0.0507. The lowest BCUT2D eigenvalue weighted by Crippen LogP contribution is -2.70. The van der Waals surface area contributed by atoms with Gasteiger partial charge in [-0.1, -0.05) is 103 Å². The van der Waals surface area contributed by atoms with Crippen LogP contribution in [0.1, 0.15) is 89.7 Å². The van der Waals surface area contributed by atoms with Gasteiger partial charge < -0.3 is 34.0 Å². The van der Waals surface area contributed by atoms with Crippen LogP contribution in [-0.2, 0) is 20.9 Å². The fourth-order valence-corrected chi connectivity index (χ4v) is 10.4. The highest BCUT2D eigenvalue weighted by Gasteiger charge is 2.65. The first-order valence-corrected chi connectivity index (χ1v) is 23.4. The largest absolute Gasteiger partial charge is 0.459 e. The molecule has 6 atom stereocenters. The van der Waals surface area contributed by atoms with Gasteiger partial charge in [-0.15, -0.1) is 6.58 Å². The van der Waals surface area contributed by atoms with Gasteiger partial charge in [0.2, 0.25) is 5.79 Å². The van der Waals surface area contributed by atoms with Gasteiger partial charge in [0.1, 0.15) is 28.9 Å². The Labute approximate surface area is 383 Å². The van der Waals surface area contributed by atoms with Crippen LogP contribution in [0, 0.1) is 17.8 Å². The number of hydrogen-bond acceptors (Lipinski definition) is 9. The highest BCUT2D eigenvalue weighted by Crippen LogP contribution is 2.62. The highest BCUT2D eigenvalue weighted by atomic mass is 16.7. The smallest absolute Gasteiger partial charge is 0.410 e. The van der Waals surface area contributed by atoms with E-state index >= 15 is 0 Å². The number of aliphatic hydroxyl groups is 2. The zero-order valence-corrected chi connectivity index (χ0v) is 38.3. The molecule has 1 fully saturated rings. The predicted molar refractivity (Wildman–Crippen MR) is 256 cm³/mol. The molecule has 6 unspecified atom stereocenters. The molecule has 0 bridgehead atoms. The minimum absolute atomic E-state index is 0.0527. The number of benzene rings is 5. The number of hydrogen-bond donors (Lipinski definition) is 2. The SMILES string of the molecule is C=CCOC12Oc3ccc(Oc4ccc5ccccc5c4)cc3C3C(CCCCO)C(CCCCO)C=C(C(=NOC(C)(C)C)CC1N(Cc1cccc4ccccc14)C(=O)OCC)C32. The summed E-state index contributed by atoms with van der Waals surface area (Å²) in [7, 11) is 0. The van der Waals surface area contributed by atoms with E-state index < -0.39 is 29.4 Å². The van der Waals surface area contributed by atoms with Crippen molar-refractivity contribution in [3.8, 4) is 17.2 Å². The van der Waals surface area contributed by atoms with Crippen LogP contribution in [0.25, 0.3) is 21.5 Å². The Morgan fingerprint density at radius 1 is 0.877 bits per heavy atom. The van der Waals surface area contributed by atoms with E-state index in [1.54, 1.807) is 11.0 Å². The minimum Gasteiger partial charge on any atom is -0.459 e. The Hall–Kier alpha value is -5.68. The summed E-state index contributed by atoms with van der Waals surface area (Å²) in [4.78, 5) is 22.9. The number of carbonyl (C=O) groups excluding carboxylic acids is 1. The molecule has 8 rings (SSSR count). The lowest BCUT2D eigenvalue weighted by atomic mass is 9.55. The molecule has 65 heavy (non-hydrogen) atoms. The third-order valence-corrected chi connectivity index (χ3v) is 13.1. The zero-order chi connectivity index (χ0) is 45.6. The van der Waals surface area contributed by atoms with Crippen molar-refractivity contribution in [3.05, 3.63) is 139 Å². The lowest BCUT2D eigenvalue weighted by Gasteiger charge is -2.60. The summed E-state index contributed by atoms with van der Waals surface area (Å²) in [6.45, 7) is 12.6. The van der Waals surface area contributed by atoms with Gasteiger partial charge in [-0.05, 0) is 128 Å². The van der Waals surface area contributed by atoms with Crippen molar-refractivity contribution >= 4 is 33.3 Å². The average molecular weight is 881 g/mol. The summed E-state index contributed by atoms with van der Waals surface area (Å²) in [5.41, 5.74) is 3.02. The van der Waals surface area contributed by atoms with Crippen molar-refractivity contribution in [2.45, 2.75) is 103 Å². The first kappa shape index (κ1) is 45.9. The van der Waals surface area contributed by atoms with Gasteiger partial charge in [0.05, 0.1) is 31.4 Å². The first-order chi connectivity index (χ1) is 31.6. The fourth-order valence-electron chi connectivity index (χ4n) is 10.4. The normalized spacial score (nSPS) is 23.0. The second-order valence-electron chi connectivity index (χ2n) is 18.6. The maximum atomic E-state index is 14.8. The molecule has 0 radical (unpaired) electrons. The molecular formula is C55H64N2O8. The standard InChI is InChI=1S/C55H64N2O8/c1-6-31-62-55-50(57(53(60)61-7-2)36-41-22-16-21-38-18-10-11-23-44(38)41)35-48(56-65-54(3,4)5)46-33-40(20-12-14-29-58)45(24-13-15-30-59)51(52(46)55)47-34-43(27-28-49(47)64-55)63-42-26-25-37-17-8-9-19-39(37)32-42/h6,8-11,16-19,21-23,25-28,32-34,40,45,50-52,58-59H,1,7,12-15,20,24,29-31,35-36H2,2-5H3. The second-order valence-corrected chi connectivity index (χ2v) is 18.6. The van der Waals surface area contributed by atoms with Crippen molar-refractivity contribution in [1.82, 2.24) is 4.90 Å². The number of nitrogens with zero attached hydrogens (tertiary/aromatic N) is 2. The Bertz CT molecular complexity index is 2520. The Morgan fingerprint density at radius 2 is 1.58 bits per heavy atom. The average Bonchev–Trinajstić information content (AvgIpc) is 3.30. The number of oxime groups is 1. The minimum atomic E-state index is -1.44. The molecule has 5 aromatic carbocycles. The predicted octanol–water partition coefficient (Wildman–Crippen LogP) is 11.9. The molecule has 0 spiro atoms. The Morgan fingerprint density at radius 3 is 2.34 bits per heavy atom. The van der Waals surface area contributed by atoms with Gasteiger partial charge in [-0.2, -0.15) is 0 Å². The number of allylic oxidation sites excluding steroid dienone is 1. The number of rotatable bonds is 18. The van der Waals surface area contributed by atoms with E-state index in [1.165, 1.54) is 0 Å². The van der Waals surface area contributed by atoms with Gasteiger partial charge in [-0.3, -0.25) is 4.90 Å². The molecule has 3 aliphatic rings. The molecule has 1 saturated carbocycles. The third kappa shape index (κ3) is 9.81. The van der Waals surface area contributed by atoms with Crippen molar-refractivity contribution in [3.63, 3.8) is 0 Å². The Balaban J connectivity index is 1.35. The first-order valence-electron chi connectivity index (χ1n) is 23.4. The second kappa shape index (κ2) is 20.2. The van der Waals surface area contributed by atoms with Crippen LogP contribution in [0.15, 0.2) is 133 Å². The molecule has 1 amide bonds. The summed E-state index contributed by atoms with van der Waals surface area (Å²) in [6, 6.07) is 34.0. The molecule has 0 aromatic heterocycles. The van der Waals surface area contributed by atoms with Crippen molar-refractivity contribution in [2.75, 3.05) is 26.4 Å². The highest BCUT2D eigenvalue weighted by molar-refractivity contribution is 6.03. The van der Waals surface area contributed by atoms with E-state index in [-0.39, 0.29) is 57.1 Å². The van der Waals surface area contributed by atoms with Crippen molar-refractivity contribution in [2.24, 2.45) is 22.9 Å². The van der Waals surface area contributed by atoms with E-state index in [4.69, 9.17) is 28.9 Å². The third-order valence-electron chi connectivity index (χ3n) is 13.1. The summed E-state index contributed by atoms with van der Waals surface area (Å²) in [5.74, 6) is 0.0336. The molecule has 2 aliphatic carbocycles. The van der Waals surface area contributed by atoms with Gasteiger partial charge in [-0.25, -0.2) is 4.79 Å². The van der Waals surface area contributed by atoms with E-state index in [2.05, 4.69) is 67.3 Å². The molecule has 5 aromatic rings. The topological polar surface area (TPSA) is 119 Å². The molecule has 10 nitrogen and oxygen atoms in total. The van der Waals surface area contributed by atoms with Crippen LogP contribution in [-0.4, -0.2) is 70.8 Å². The lowest BCUT2D eigenvalue weighted by molar-refractivity contribution is -0.256. The zero-order valence-electron chi connectivity index (χ0n) is 38.3. The van der Waals surface area contributed by atoms with Crippen LogP contribution < -0.4 is 9.47 Å². The summed E-state index contributed by atoms with van der Waals surface area (Å²) in [6.07, 6.45) is 8.50. The maximum absolute atomic E-state index is 14.8. The monoisotopic (exact) mass is 880 g/mol. The number of amides is 1. The number of fused-ring (bicyclic) bond motifs is 4. The van der Waals surface area contributed by atoms with Crippen LogP contribution >= 0.6 is 0 Å². The fraction of sp³-hybridized carbons (Fsp3) is 0.418. The molecule has 10 heteroatoms. The van der Waals surface area contributed by atoms with E-state index in [1.807, 2.05) is 76.2 Å². The van der Waals surface area contributed by atoms with Gasteiger partial charge in [0.25, 0.3) is 0 Å². The van der Waals surface area contributed by atoms with E-state index in [0.717, 1.165) is 75.4 Å². The number of aliphatic hydroxyl groups excluding tert-OH is 2. The molecule has 342 valence electrons. The van der Waals surface area contributed by atoms with Crippen molar-refractivity contribution in [1.29, 1.82) is 0 Å². The molecule has 1 aliphatic heterocycles.